The van der Waals surface area contributed by atoms with Crippen molar-refractivity contribution in [1.29, 1.82) is 0 Å². The molecule has 21 heavy (non-hydrogen) atoms. The fourth-order valence-electron chi connectivity index (χ4n) is 1.51. The van der Waals surface area contributed by atoms with Gasteiger partial charge in [0, 0.05) is 22.7 Å². The maximum atomic E-state index is 12.3. The molecule has 0 radical (unpaired) electrons. The number of carbonyl (C=O) groups is 1. The number of benzene rings is 1. The third-order valence-electron chi connectivity index (χ3n) is 2.42. The van der Waals surface area contributed by atoms with Crippen LogP contribution < -0.4 is 0 Å². The van der Waals surface area contributed by atoms with Crippen LogP contribution in [0.2, 0.25) is 10.0 Å². The summed E-state index contributed by atoms with van der Waals surface area (Å²) in [5.74, 6) is -0.868. The van der Waals surface area contributed by atoms with Crippen LogP contribution in [0.15, 0.2) is 24.3 Å². The number of rotatable bonds is 5. The van der Waals surface area contributed by atoms with Gasteiger partial charge in [0.1, 0.15) is 6.54 Å². The van der Waals surface area contributed by atoms with Crippen molar-refractivity contribution in [1.82, 2.24) is 4.90 Å². The van der Waals surface area contributed by atoms with Crippen molar-refractivity contribution in [3.8, 4) is 0 Å². The number of aliphatic hydroxyl groups is 1. The fourth-order valence-corrected chi connectivity index (χ4v) is 1.98. The van der Waals surface area contributed by atoms with Crippen LogP contribution in [0.5, 0.6) is 0 Å². The normalized spacial score (nSPS) is 11.9. The van der Waals surface area contributed by atoms with Crippen molar-refractivity contribution in [3.63, 3.8) is 0 Å². The lowest BCUT2D eigenvalue weighted by molar-refractivity contribution is -0.158. The number of carbonyl (C=O) groups excluding carboxylic acids is 1. The van der Waals surface area contributed by atoms with Crippen molar-refractivity contribution in [2.75, 3.05) is 19.7 Å². The average molecular weight is 342 g/mol. The molecule has 0 bridgehead atoms. The lowest BCUT2D eigenvalue weighted by atomic mass is 10.2. The summed E-state index contributed by atoms with van der Waals surface area (Å²) in [5, 5.41) is 9.40. The smallest absolute Gasteiger partial charge is 0.395 e. The molecule has 0 fully saturated rings. The molecule has 0 aliphatic carbocycles. The summed E-state index contributed by atoms with van der Waals surface area (Å²) in [6.45, 7) is -2.39. The summed E-state index contributed by atoms with van der Waals surface area (Å²) in [6, 6.07) is 4.53. The molecule has 0 spiro atoms. The summed E-state index contributed by atoms with van der Waals surface area (Å²) in [5.41, 5.74) is 0.449. The Morgan fingerprint density at radius 3 is 2.52 bits per heavy atom. The Balaban J connectivity index is 2.82. The van der Waals surface area contributed by atoms with E-state index in [1.54, 1.807) is 6.07 Å². The first kappa shape index (κ1) is 17.8. The van der Waals surface area contributed by atoms with E-state index in [0.29, 0.717) is 15.5 Å². The standard InChI is InChI=1S/C13H12Cl2F3NO2/c14-10-3-1-9(11(15)7-10)2-4-12(21)19(5-6-20)8-13(16,17)18/h1-4,7,20H,5-6,8H2/b4-2+. The van der Waals surface area contributed by atoms with Gasteiger partial charge in [0.25, 0.3) is 0 Å². The second kappa shape index (κ2) is 7.68. The second-order valence-electron chi connectivity index (χ2n) is 4.10. The van der Waals surface area contributed by atoms with Gasteiger partial charge in [0.2, 0.25) is 5.91 Å². The quantitative estimate of drug-likeness (QED) is 0.834. The molecule has 1 aromatic carbocycles. The molecule has 0 aliphatic heterocycles. The van der Waals surface area contributed by atoms with Crippen LogP contribution >= 0.6 is 23.2 Å². The van der Waals surface area contributed by atoms with E-state index >= 15 is 0 Å². The third-order valence-corrected chi connectivity index (χ3v) is 2.98. The number of nitrogens with zero attached hydrogens (tertiary/aromatic N) is 1. The molecule has 0 saturated heterocycles. The monoisotopic (exact) mass is 341 g/mol. The fraction of sp³-hybridized carbons (Fsp3) is 0.308. The molecule has 1 amide bonds. The zero-order chi connectivity index (χ0) is 16.0. The number of hydrogen-bond donors (Lipinski definition) is 1. The van der Waals surface area contributed by atoms with Gasteiger partial charge in [0.05, 0.1) is 6.61 Å². The van der Waals surface area contributed by atoms with E-state index in [4.69, 9.17) is 28.3 Å². The molecule has 1 N–H and O–H groups in total. The minimum atomic E-state index is -4.53. The summed E-state index contributed by atoms with van der Waals surface area (Å²) in [7, 11) is 0. The van der Waals surface area contributed by atoms with Gasteiger partial charge < -0.3 is 10.0 Å². The van der Waals surface area contributed by atoms with Crippen LogP contribution in [0, 0.1) is 0 Å². The maximum Gasteiger partial charge on any atom is 0.406 e. The Hall–Kier alpha value is -1.24. The summed E-state index contributed by atoms with van der Waals surface area (Å²) in [4.78, 5) is 12.2. The van der Waals surface area contributed by atoms with Gasteiger partial charge in [-0.25, -0.2) is 0 Å². The second-order valence-corrected chi connectivity index (χ2v) is 4.94. The van der Waals surface area contributed by atoms with E-state index in [9.17, 15) is 18.0 Å². The van der Waals surface area contributed by atoms with Gasteiger partial charge in [0.15, 0.2) is 0 Å². The summed E-state index contributed by atoms with van der Waals surface area (Å²) >= 11 is 11.6. The molecular formula is C13H12Cl2F3NO2. The molecule has 3 nitrogen and oxygen atoms in total. The highest BCUT2D eigenvalue weighted by Gasteiger charge is 2.32. The molecule has 1 rings (SSSR count). The van der Waals surface area contributed by atoms with Crippen LogP contribution in [-0.4, -0.2) is 41.8 Å². The zero-order valence-corrected chi connectivity index (χ0v) is 12.2. The highest BCUT2D eigenvalue weighted by Crippen LogP contribution is 2.22. The predicted octanol–water partition coefficient (Wildman–Crippen LogP) is 3.39. The van der Waals surface area contributed by atoms with E-state index in [2.05, 4.69) is 0 Å². The SMILES string of the molecule is O=C(/C=C/c1ccc(Cl)cc1Cl)N(CCO)CC(F)(F)F. The number of aliphatic hydroxyl groups excluding tert-OH is 1. The average Bonchev–Trinajstić information content (AvgIpc) is 2.35. The van der Waals surface area contributed by atoms with Crippen molar-refractivity contribution < 1.29 is 23.1 Å². The van der Waals surface area contributed by atoms with Gasteiger partial charge in [-0.05, 0) is 23.8 Å². The van der Waals surface area contributed by atoms with E-state index in [0.717, 1.165) is 6.08 Å². The molecule has 0 saturated carbocycles. The maximum absolute atomic E-state index is 12.3. The highest BCUT2D eigenvalue weighted by molar-refractivity contribution is 6.35. The number of alkyl halides is 3. The topological polar surface area (TPSA) is 40.5 Å². The van der Waals surface area contributed by atoms with Crippen LogP contribution in [0.3, 0.4) is 0 Å². The minimum absolute atomic E-state index is 0.274. The van der Waals surface area contributed by atoms with E-state index < -0.39 is 31.8 Å². The summed E-state index contributed by atoms with van der Waals surface area (Å²) in [6.07, 6.45) is -2.27. The molecular weight excluding hydrogens is 330 g/mol. The molecule has 116 valence electrons. The van der Waals surface area contributed by atoms with Crippen LogP contribution in [0.4, 0.5) is 13.2 Å². The summed E-state index contributed by atoms with van der Waals surface area (Å²) < 4.78 is 37.0. The Kier molecular flexibility index (Phi) is 6.51. The molecule has 1 aromatic rings. The third kappa shape index (κ3) is 6.37. The van der Waals surface area contributed by atoms with Crippen molar-refractivity contribution in [3.05, 3.63) is 39.9 Å². The van der Waals surface area contributed by atoms with Crippen LogP contribution in [-0.2, 0) is 4.79 Å². The first-order valence-corrected chi connectivity index (χ1v) is 6.58. The van der Waals surface area contributed by atoms with Gasteiger partial charge >= 0.3 is 6.18 Å². The lowest BCUT2D eigenvalue weighted by Crippen LogP contribution is -2.39. The Labute approximate surface area is 129 Å². The number of halogens is 5. The highest BCUT2D eigenvalue weighted by atomic mass is 35.5. The van der Waals surface area contributed by atoms with Crippen molar-refractivity contribution >= 4 is 35.2 Å². The molecule has 0 unspecified atom stereocenters. The van der Waals surface area contributed by atoms with Gasteiger partial charge in [-0.15, -0.1) is 0 Å². The van der Waals surface area contributed by atoms with Crippen LogP contribution in [0.25, 0.3) is 6.08 Å². The molecule has 0 aromatic heterocycles. The lowest BCUT2D eigenvalue weighted by Gasteiger charge is -2.21. The zero-order valence-electron chi connectivity index (χ0n) is 10.7. The van der Waals surface area contributed by atoms with Crippen molar-refractivity contribution in [2.24, 2.45) is 0 Å². The number of amides is 1. The Morgan fingerprint density at radius 2 is 2.00 bits per heavy atom. The van der Waals surface area contributed by atoms with E-state index in [1.165, 1.54) is 18.2 Å². The molecule has 8 heteroatoms. The van der Waals surface area contributed by atoms with Gasteiger partial charge in [-0.1, -0.05) is 29.3 Å². The van der Waals surface area contributed by atoms with Gasteiger partial charge in [-0.3, -0.25) is 4.79 Å². The number of hydrogen-bond acceptors (Lipinski definition) is 2. The molecule has 0 aliphatic rings. The molecule has 0 atom stereocenters. The Morgan fingerprint density at radius 1 is 1.33 bits per heavy atom. The van der Waals surface area contributed by atoms with E-state index in [-0.39, 0.29) is 5.02 Å². The van der Waals surface area contributed by atoms with Crippen LogP contribution in [0.1, 0.15) is 5.56 Å². The Bertz CT molecular complexity index is 533. The van der Waals surface area contributed by atoms with Crippen molar-refractivity contribution in [2.45, 2.75) is 6.18 Å². The van der Waals surface area contributed by atoms with E-state index in [1.807, 2.05) is 0 Å². The first-order valence-electron chi connectivity index (χ1n) is 5.82. The largest absolute Gasteiger partial charge is 0.406 e. The molecule has 0 heterocycles. The minimum Gasteiger partial charge on any atom is -0.395 e. The predicted molar refractivity (Wildman–Crippen MR) is 75.2 cm³/mol. The van der Waals surface area contributed by atoms with Gasteiger partial charge in [-0.2, -0.15) is 13.2 Å². The first-order chi connectivity index (χ1) is 9.73.